The second kappa shape index (κ2) is 6.99. The van der Waals surface area contributed by atoms with E-state index in [1.807, 2.05) is 0 Å². The van der Waals surface area contributed by atoms with Crippen molar-refractivity contribution in [2.24, 2.45) is 0 Å². The van der Waals surface area contributed by atoms with Crippen molar-refractivity contribution in [1.82, 2.24) is 0 Å². The van der Waals surface area contributed by atoms with Crippen LogP contribution >= 0.6 is 39.2 Å². The molecule has 7 heavy (non-hydrogen) atoms. The summed E-state index contributed by atoms with van der Waals surface area (Å²) in [5.74, 6) is 1.76. The molecule has 0 aromatic carbocycles. The van der Waals surface area contributed by atoms with Crippen molar-refractivity contribution in [3.05, 3.63) is 18.1 Å². The molecule has 40 valence electrons. The van der Waals surface area contributed by atoms with Crippen LogP contribution in [0.5, 0.6) is 0 Å². The standard InChI is InChI=1S/C3H4IOPS/c1-2-3-6-5-7-4/h3,6H,1H2. The minimum atomic E-state index is 0.389. The molecule has 0 aromatic heterocycles. The van der Waals surface area contributed by atoms with Gasteiger partial charge in [-0.15, -0.1) is 5.73 Å². The Morgan fingerprint density at radius 3 is 3.14 bits per heavy atom. The van der Waals surface area contributed by atoms with Crippen LogP contribution in [0.1, 0.15) is 0 Å². The number of hydrogen-bond donors (Lipinski definition) is 0. The van der Waals surface area contributed by atoms with E-state index in [-0.39, 0.29) is 0 Å². The lowest BCUT2D eigenvalue weighted by Gasteiger charge is -1.83. The molecule has 1 atom stereocenters. The molecule has 0 fully saturated rings. The Bertz CT molecular complexity index is 81.0. The highest BCUT2D eigenvalue weighted by molar-refractivity contribution is 14.2. The largest absolute Gasteiger partial charge is 0.282 e. The summed E-state index contributed by atoms with van der Waals surface area (Å²) in [6.07, 6.45) is 0. The maximum atomic E-state index is 4.85. The predicted molar refractivity (Wildman–Crippen MR) is 44.7 cm³/mol. The Hall–Kier alpha value is 0.990. The molecule has 0 saturated carbocycles. The van der Waals surface area contributed by atoms with Gasteiger partial charge in [0.2, 0.25) is 0 Å². The van der Waals surface area contributed by atoms with Crippen LogP contribution < -0.4 is 0 Å². The van der Waals surface area contributed by atoms with E-state index in [2.05, 4.69) is 33.5 Å². The van der Waals surface area contributed by atoms with Crippen LogP contribution in [0.15, 0.2) is 18.1 Å². The summed E-state index contributed by atoms with van der Waals surface area (Å²) < 4.78 is 4.85. The molecule has 0 spiro atoms. The molecular weight excluding hydrogens is 242 g/mol. The maximum Gasteiger partial charge on any atom is 0.0689 e. The van der Waals surface area contributed by atoms with E-state index in [0.29, 0.717) is 8.81 Å². The molecule has 0 amide bonds. The SMILES string of the molecule is C=C=CPOSI. The first-order valence-corrected chi connectivity index (χ1v) is 5.73. The molecule has 1 unspecified atom stereocenters. The summed E-state index contributed by atoms with van der Waals surface area (Å²) in [6.45, 7) is 3.37. The van der Waals surface area contributed by atoms with Crippen molar-refractivity contribution >= 4 is 39.2 Å². The molecule has 1 nitrogen and oxygen atoms in total. The van der Waals surface area contributed by atoms with Crippen LogP contribution in [-0.2, 0) is 3.97 Å². The third kappa shape index (κ3) is 6.99. The zero-order valence-electron chi connectivity index (χ0n) is 3.48. The molecule has 0 bridgehead atoms. The van der Waals surface area contributed by atoms with Crippen molar-refractivity contribution in [3.63, 3.8) is 0 Å². The Morgan fingerprint density at radius 1 is 2.00 bits per heavy atom. The molecule has 0 aromatic rings. The van der Waals surface area contributed by atoms with Gasteiger partial charge in [-0.2, -0.15) is 0 Å². The van der Waals surface area contributed by atoms with E-state index in [1.165, 1.54) is 9.21 Å². The van der Waals surface area contributed by atoms with Gasteiger partial charge in [0.1, 0.15) is 0 Å². The molecule has 0 saturated heterocycles. The first kappa shape index (κ1) is 7.99. The Labute approximate surface area is 61.2 Å². The van der Waals surface area contributed by atoms with Crippen molar-refractivity contribution in [2.45, 2.75) is 0 Å². The van der Waals surface area contributed by atoms with Gasteiger partial charge >= 0.3 is 0 Å². The second-order valence-corrected chi connectivity index (χ2v) is 3.01. The van der Waals surface area contributed by atoms with E-state index in [0.717, 1.165) is 0 Å². The van der Waals surface area contributed by atoms with Gasteiger partial charge in [-0.1, -0.05) is 6.58 Å². The summed E-state index contributed by atoms with van der Waals surface area (Å²) in [7, 11) is 1.71. The predicted octanol–water partition coefficient (Wildman–Crippen LogP) is 2.89. The average Bonchev–Trinajstić information content (AvgIpc) is 1.69. The van der Waals surface area contributed by atoms with Crippen LogP contribution in [0.2, 0.25) is 0 Å². The lowest BCUT2D eigenvalue weighted by Crippen LogP contribution is -1.40. The molecule has 4 heteroatoms. The van der Waals surface area contributed by atoms with Crippen LogP contribution in [0.3, 0.4) is 0 Å². The van der Waals surface area contributed by atoms with E-state index in [4.69, 9.17) is 3.97 Å². The zero-order chi connectivity index (χ0) is 5.54. The Kier molecular flexibility index (Phi) is 7.98. The van der Waals surface area contributed by atoms with E-state index >= 15 is 0 Å². The van der Waals surface area contributed by atoms with Gasteiger partial charge in [-0.3, -0.25) is 3.97 Å². The fourth-order valence-electron chi connectivity index (χ4n) is 0.0839. The third-order valence-electron chi connectivity index (χ3n) is 0.241. The second-order valence-electron chi connectivity index (χ2n) is 0.613. The molecule has 0 radical (unpaired) electrons. The first-order valence-electron chi connectivity index (χ1n) is 1.46. The third-order valence-corrected chi connectivity index (χ3v) is 2.82. The average molecular weight is 246 g/mol. The number of halogens is 1. The van der Waals surface area contributed by atoms with E-state index in [9.17, 15) is 0 Å². The molecule has 0 aliphatic carbocycles. The van der Waals surface area contributed by atoms with Crippen molar-refractivity contribution < 1.29 is 3.97 Å². The van der Waals surface area contributed by atoms with Crippen molar-refractivity contribution in [3.8, 4) is 0 Å². The molecule has 0 rings (SSSR count). The lowest BCUT2D eigenvalue weighted by molar-refractivity contribution is 0.764. The van der Waals surface area contributed by atoms with Crippen molar-refractivity contribution in [1.29, 1.82) is 0 Å². The number of hydrogen-bond acceptors (Lipinski definition) is 2. The number of rotatable bonds is 3. The van der Waals surface area contributed by atoms with Crippen LogP contribution in [0.4, 0.5) is 0 Å². The highest BCUT2D eigenvalue weighted by atomic mass is 127. The van der Waals surface area contributed by atoms with Gasteiger partial charge in [0.15, 0.2) is 0 Å². The summed E-state index contributed by atoms with van der Waals surface area (Å²) in [6, 6.07) is 0. The quantitative estimate of drug-likeness (QED) is 0.249. The maximum absolute atomic E-state index is 4.85. The highest BCUT2D eigenvalue weighted by Crippen LogP contribution is 2.26. The zero-order valence-corrected chi connectivity index (χ0v) is 7.45. The van der Waals surface area contributed by atoms with E-state index in [1.54, 1.807) is 5.82 Å². The molecular formula is C3H4IOPS. The van der Waals surface area contributed by atoms with Gasteiger partial charge in [-0.05, 0) is 0 Å². The van der Waals surface area contributed by atoms with Crippen LogP contribution in [0, 0.1) is 0 Å². The van der Waals surface area contributed by atoms with E-state index < -0.39 is 0 Å². The molecule has 0 N–H and O–H groups in total. The fourth-order valence-corrected chi connectivity index (χ4v) is 1.44. The summed E-state index contributed by atoms with van der Waals surface area (Å²) in [4.78, 5) is 0. The summed E-state index contributed by atoms with van der Waals surface area (Å²) in [5.41, 5.74) is 2.60. The van der Waals surface area contributed by atoms with Crippen molar-refractivity contribution in [2.75, 3.05) is 0 Å². The Balaban J connectivity index is 2.83. The van der Waals surface area contributed by atoms with Gasteiger partial charge < -0.3 is 0 Å². The summed E-state index contributed by atoms with van der Waals surface area (Å²) >= 11 is 2.06. The lowest BCUT2D eigenvalue weighted by atomic mass is 11.0. The highest BCUT2D eigenvalue weighted by Gasteiger charge is 1.72. The van der Waals surface area contributed by atoms with Crippen LogP contribution in [0.25, 0.3) is 0 Å². The van der Waals surface area contributed by atoms with Gasteiger partial charge in [0.05, 0.1) is 18.0 Å². The summed E-state index contributed by atoms with van der Waals surface area (Å²) in [5, 5.41) is 0. The molecule has 0 heterocycles. The van der Waals surface area contributed by atoms with Crippen LogP contribution in [-0.4, -0.2) is 0 Å². The Morgan fingerprint density at radius 2 is 2.71 bits per heavy atom. The smallest absolute Gasteiger partial charge is 0.0689 e. The van der Waals surface area contributed by atoms with Gasteiger partial charge in [0, 0.05) is 27.0 Å². The molecule has 0 aliphatic rings. The van der Waals surface area contributed by atoms with Gasteiger partial charge in [0.25, 0.3) is 0 Å². The monoisotopic (exact) mass is 246 g/mol. The van der Waals surface area contributed by atoms with Gasteiger partial charge in [-0.25, -0.2) is 0 Å². The molecule has 0 aliphatic heterocycles. The topological polar surface area (TPSA) is 9.23 Å². The fraction of sp³-hybridized carbons (Fsp3) is 0. The minimum absolute atomic E-state index is 0.389. The normalized spacial score (nSPS) is 9.29. The first-order chi connectivity index (χ1) is 3.41. The minimum Gasteiger partial charge on any atom is -0.282 e.